The standard InChI is InChI=1S/C20H21F3N2O3/c21-17-13-19(23)18(22)11-14(17)12-20(26)24-15-1-3-16(4-2-15)28-10-7-25-5-8-27-9-6-25/h1-4,11,13H,5-10,12H2,(H,24,26). The molecular formula is C20H21F3N2O3. The average Bonchev–Trinajstić information content (AvgIpc) is 2.68. The number of carbonyl (C=O) groups excluding carboxylic acids is 1. The van der Waals surface area contributed by atoms with Crippen LogP contribution in [0.2, 0.25) is 0 Å². The van der Waals surface area contributed by atoms with Crippen molar-refractivity contribution in [3.05, 3.63) is 59.4 Å². The lowest BCUT2D eigenvalue weighted by Gasteiger charge is -2.26. The second kappa shape index (κ2) is 9.57. The first kappa shape index (κ1) is 20.2. The SMILES string of the molecule is O=C(Cc1cc(F)c(F)cc1F)Nc1ccc(OCCN2CCOCC2)cc1. The molecule has 1 saturated heterocycles. The van der Waals surface area contributed by atoms with Crippen molar-refractivity contribution in [2.24, 2.45) is 0 Å². The minimum Gasteiger partial charge on any atom is -0.492 e. The summed E-state index contributed by atoms with van der Waals surface area (Å²) in [6.45, 7) is 4.62. The van der Waals surface area contributed by atoms with Gasteiger partial charge in [-0.05, 0) is 30.3 Å². The molecule has 1 aliphatic rings. The normalized spacial score (nSPS) is 14.7. The number of carbonyl (C=O) groups is 1. The summed E-state index contributed by atoms with van der Waals surface area (Å²) in [4.78, 5) is 14.3. The van der Waals surface area contributed by atoms with Crippen molar-refractivity contribution >= 4 is 11.6 Å². The van der Waals surface area contributed by atoms with Crippen molar-refractivity contribution in [2.75, 3.05) is 44.8 Å². The van der Waals surface area contributed by atoms with E-state index in [0.717, 1.165) is 32.8 Å². The van der Waals surface area contributed by atoms with Gasteiger partial charge in [-0.2, -0.15) is 0 Å². The first-order valence-corrected chi connectivity index (χ1v) is 8.97. The van der Waals surface area contributed by atoms with Gasteiger partial charge >= 0.3 is 0 Å². The average molecular weight is 394 g/mol. The van der Waals surface area contributed by atoms with Crippen molar-refractivity contribution in [1.82, 2.24) is 4.90 Å². The summed E-state index contributed by atoms with van der Waals surface area (Å²) in [6.07, 6.45) is -0.402. The van der Waals surface area contributed by atoms with E-state index < -0.39 is 29.8 Å². The number of ether oxygens (including phenoxy) is 2. The van der Waals surface area contributed by atoms with Gasteiger partial charge in [-0.15, -0.1) is 0 Å². The minimum absolute atomic E-state index is 0.209. The van der Waals surface area contributed by atoms with Gasteiger partial charge in [0.15, 0.2) is 11.6 Å². The lowest BCUT2D eigenvalue weighted by molar-refractivity contribution is -0.115. The van der Waals surface area contributed by atoms with Gasteiger partial charge < -0.3 is 14.8 Å². The lowest BCUT2D eigenvalue weighted by Crippen LogP contribution is -2.38. The number of hydrogen-bond donors (Lipinski definition) is 1. The van der Waals surface area contributed by atoms with Crippen molar-refractivity contribution in [2.45, 2.75) is 6.42 Å². The molecule has 1 fully saturated rings. The topological polar surface area (TPSA) is 50.8 Å². The van der Waals surface area contributed by atoms with E-state index in [9.17, 15) is 18.0 Å². The Kier molecular flexibility index (Phi) is 6.89. The fraction of sp³-hybridized carbons (Fsp3) is 0.350. The summed E-state index contributed by atoms with van der Waals surface area (Å²) in [6, 6.07) is 7.87. The molecule has 0 bridgehead atoms. The minimum atomic E-state index is -1.29. The molecule has 0 radical (unpaired) electrons. The molecule has 3 rings (SSSR count). The first-order chi connectivity index (χ1) is 13.5. The fourth-order valence-electron chi connectivity index (χ4n) is 2.83. The predicted molar refractivity (Wildman–Crippen MR) is 97.8 cm³/mol. The molecule has 150 valence electrons. The predicted octanol–water partition coefficient (Wildman–Crippen LogP) is 3.00. The summed E-state index contributed by atoms with van der Waals surface area (Å²) in [5.74, 6) is -3.31. The smallest absolute Gasteiger partial charge is 0.228 e. The highest BCUT2D eigenvalue weighted by Gasteiger charge is 2.13. The van der Waals surface area contributed by atoms with Crippen LogP contribution in [-0.2, 0) is 16.0 Å². The van der Waals surface area contributed by atoms with Gasteiger partial charge in [0.25, 0.3) is 0 Å². The van der Waals surface area contributed by atoms with E-state index in [1.807, 2.05) is 0 Å². The molecule has 0 spiro atoms. The van der Waals surface area contributed by atoms with E-state index in [4.69, 9.17) is 9.47 Å². The second-order valence-electron chi connectivity index (χ2n) is 6.41. The van der Waals surface area contributed by atoms with Gasteiger partial charge in [0.1, 0.15) is 18.2 Å². The van der Waals surface area contributed by atoms with E-state index >= 15 is 0 Å². The number of amides is 1. The molecule has 1 aliphatic heterocycles. The van der Waals surface area contributed by atoms with Crippen LogP contribution in [0.15, 0.2) is 36.4 Å². The quantitative estimate of drug-likeness (QED) is 0.734. The van der Waals surface area contributed by atoms with E-state index in [0.29, 0.717) is 30.2 Å². The van der Waals surface area contributed by atoms with Gasteiger partial charge in [-0.25, -0.2) is 13.2 Å². The van der Waals surface area contributed by atoms with E-state index in [1.165, 1.54) is 0 Å². The van der Waals surface area contributed by atoms with Crippen LogP contribution >= 0.6 is 0 Å². The molecule has 1 N–H and O–H groups in total. The molecule has 28 heavy (non-hydrogen) atoms. The summed E-state index contributed by atoms with van der Waals surface area (Å²) < 4.78 is 50.7. The molecule has 0 saturated carbocycles. The van der Waals surface area contributed by atoms with Crippen LogP contribution < -0.4 is 10.1 Å². The number of nitrogens with one attached hydrogen (secondary N) is 1. The number of rotatable bonds is 7. The maximum absolute atomic E-state index is 13.6. The Bertz CT molecular complexity index is 809. The highest BCUT2D eigenvalue weighted by molar-refractivity contribution is 5.92. The lowest BCUT2D eigenvalue weighted by atomic mass is 10.1. The van der Waals surface area contributed by atoms with Gasteiger partial charge in [0, 0.05) is 37.0 Å². The molecule has 0 aromatic heterocycles. The summed E-state index contributed by atoms with van der Waals surface area (Å²) in [7, 11) is 0. The molecule has 1 heterocycles. The number of halogens is 3. The number of morpholine rings is 1. The van der Waals surface area contributed by atoms with Gasteiger partial charge in [-0.1, -0.05) is 0 Å². The Labute approximate surface area is 161 Å². The first-order valence-electron chi connectivity index (χ1n) is 8.97. The number of nitrogens with zero attached hydrogens (tertiary/aromatic N) is 1. The van der Waals surface area contributed by atoms with Crippen molar-refractivity contribution < 1.29 is 27.4 Å². The van der Waals surface area contributed by atoms with Crippen molar-refractivity contribution in [3.63, 3.8) is 0 Å². The van der Waals surface area contributed by atoms with Gasteiger partial charge in [0.2, 0.25) is 5.91 Å². The Balaban J connectivity index is 1.47. The zero-order valence-corrected chi connectivity index (χ0v) is 15.2. The maximum atomic E-state index is 13.6. The van der Waals surface area contributed by atoms with Crippen LogP contribution in [-0.4, -0.2) is 50.3 Å². The molecule has 2 aromatic carbocycles. The second-order valence-corrected chi connectivity index (χ2v) is 6.41. The molecular weight excluding hydrogens is 373 g/mol. The number of hydrogen-bond acceptors (Lipinski definition) is 4. The Morgan fingerprint density at radius 2 is 1.71 bits per heavy atom. The Morgan fingerprint density at radius 3 is 2.43 bits per heavy atom. The van der Waals surface area contributed by atoms with E-state index in [2.05, 4.69) is 10.2 Å². The van der Waals surface area contributed by atoms with Crippen molar-refractivity contribution in [3.8, 4) is 5.75 Å². The van der Waals surface area contributed by atoms with Crippen LogP contribution in [0.3, 0.4) is 0 Å². The molecule has 5 nitrogen and oxygen atoms in total. The van der Waals surface area contributed by atoms with E-state index in [1.54, 1.807) is 24.3 Å². The highest BCUT2D eigenvalue weighted by Crippen LogP contribution is 2.18. The summed E-state index contributed by atoms with van der Waals surface area (Å²) >= 11 is 0. The van der Waals surface area contributed by atoms with Crippen LogP contribution in [0.25, 0.3) is 0 Å². The maximum Gasteiger partial charge on any atom is 0.228 e. The molecule has 0 unspecified atom stereocenters. The zero-order chi connectivity index (χ0) is 19.9. The Morgan fingerprint density at radius 1 is 1.04 bits per heavy atom. The largest absolute Gasteiger partial charge is 0.492 e. The number of anilines is 1. The Hall–Kier alpha value is -2.58. The third-order valence-electron chi connectivity index (χ3n) is 4.36. The summed E-state index contributed by atoms with van der Waals surface area (Å²) in [5, 5.41) is 2.59. The third kappa shape index (κ3) is 5.71. The van der Waals surface area contributed by atoms with Crippen molar-refractivity contribution in [1.29, 1.82) is 0 Å². The molecule has 0 atom stereocenters. The molecule has 2 aromatic rings. The molecule has 0 aliphatic carbocycles. The summed E-state index contributed by atoms with van der Waals surface area (Å²) in [5.41, 5.74) is 0.285. The third-order valence-corrected chi connectivity index (χ3v) is 4.36. The fourth-order valence-corrected chi connectivity index (χ4v) is 2.83. The monoisotopic (exact) mass is 394 g/mol. The van der Waals surface area contributed by atoms with Crippen LogP contribution in [0, 0.1) is 17.5 Å². The molecule has 1 amide bonds. The van der Waals surface area contributed by atoms with Crippen LogP contribution in [0.4, 0.5) is 18.9 Å². The van der Waals surface area contributed by atoms with E-state index in [-0.39, 0.29) is 5.56 Å². The van der Waals surface area contributed by atoms with Gasteiger partial charge in [0.05, 0.1) is 19.6 Å². The van der Waals surface area contributed by atoms with Crippen LogP contribution in [0.1, 0.15) is 5.56 Å². The zero-order valence-electron chi connectivity index (χ0n) is 15.2. The number of benzene rings is 2. The molecule has 8 heteroatoms. The van der Waals surface area contributed by atoms with Crippen LogP contribution in [0.5, 0.6) is 5.75 Å². The van der Waals surface area contributed by atoms with Gasteiger partial charge in [-0.3, -0.25) is 9.69 Å². The highest BCUT2D eigenvalue weighted by atomic mass is 19.2.